The van der Waals surface area contributed by atoms with Gasteiger partial charge in [0, 0.05) is 43.2 Å². The maximum Gasteiger partial charge on any atom is 0.202 e. The lowest BCUT2D eigenvalue weighted by atomic mass is 10.1. The number of aryl methyl sites for hydroxylation is 1. The fraction of sp³-hybridized carbons (Fsp3) is 0.208. The third kappa shape index (κ3) is 5.07. The minimum Gasteiger partial charge on any atom is -0.496 e. The van der Waals surface area contributed by atoms with Gasteiger partial charge in [0.15, 0.2) is 5.82 Å². The third-order valence-electron chi connectivity index (χ3n) is 5.29. The molecule has 2 aromatic heterocycles. The standard InChI is InChI=1S/C24H23ClFN5OS/c1-29(19-10-12-27-13-11-19)14-3-15-30-24(33)31(20-7-4-17(25)5-8-20)23(28-30)21-16-18(26)6-9-22(21)32-2/h4-13,16H,3,14-15H2,1-2H3. The van der Waals surface area contributed by atoms with Gasteiger partial charge in [0.25, 0.3) is 0 Å². The highest BCUT2D eigenvalue weighted by atomic mass is 35.5. The summed E-state index contributed by atoms with van der Waals surface area (Å²) in [4.78, 5) is 6.21. The molecule has 6 nitrogen and oxygen atoms in total. The summed E-state index contributed by atoms with van der Waals surface area (Å²) in [6, 6.07) is 15.6. The minimum absolute atomic E-state index is 0.382. The van der Waals surface area contributed by atoms with Crippen LogP contribution in [0.25, 0.3) is 17.1 Å². The van der Waals surface area contributed by atoms with Gasteiger partial charge in [-0.25, -0.2) is 9.07 Å². The number of benzene rings is 2. The van der Waals surface area contributed by atoms with Crippen molar-refractivity contribution < 1.29 is 9.13 Å². The largest absolute Gasteiger partial charge is 0.496 e. The topological polar surface area (TPSA) is 48.1 Å². The molecule has 0 fully saturated rings. The van der Waals surface area contributed by atoms with Crippen molar-refractivity contribution in [1.82, 2.24) is 19.3 Å². The van der Waals surface area contributed by atoms with Crippen molar-refractivity contribution in [3.8, 4) is 22.8 Å². The van der Waals surface area contributed by atoms with Gasteiger partial charge in [-0.3, -0.25) is 9.55 Å². The summed E-state index contributed by atoms with van der Waals surface area (Å²) < 4.78 is 23.7. The Bertz CT molecular complexity index is 1290. The Morgan fingerprint density at radius 2 is 1.82 bits per heavy atom. The number of anilines is 1. The molecule has 0 amide bonds. The number of aromatic nitrogens is 4. The Morgan fingerprint density at radius 3 is 2.52 bits per heavy atom. The molecular weight excluding hydrogens is 461 g/mol. The van der Waals surface area contributed by atoms with E-state index < -0.39 is 0 Å². The lowest BCUT2D eigenvalue weighted by Crippen LogP contribution is -2.20. The molecule has 33 heavy (non-hydrogen) atoms. The molecule has 0 N–H and O–H groups in total. The van der Waals surface area contributed by atoms with Crippen molar-refractivity contribution in [2.24, 2.45) is 0 Å². The molecule has 170 valence electrons. The van der Waals surface area contributed by atoms with E-state index >= 15 is 0 Å². The zero-order chi connectivity index (χ0) is 23.4. The molecule has 0 aliphatic rings. The molecule has 0 radical (unpaired) electrons. The molecule has 0 aliphatic heterocycles. The zero-order valence-corrected chi connectivity index (χ0v) is 19.9. The van der Waals surface area contributed by atoms with E-state index in [1.807, 2.05) is 35.9 Å². The van der Waals surface area contributed by atoms with Crippen LogP contribution in [-0.2, 0) is 6.54 Å². The fourth-order valence-corrected chi connectivity index (χ4v) is 4.04. The number of hydrogen-bond donors (Lipinski definition) is 0. The highest BCUT2D eigenvalue weighted by Gasteiger charge is 2.19. The van der Waals surface area contributed by atoms with Gasteiger partial charge in [-0.2, -0.15) is 5.10 Å². The second-order valence-electron chi connectivity index (χ2n) is 7.47. The van der Waals surface area contributed by atoms with Crippen molar-refractivity contribution in [3.05, 3.63) is 82.6 Å². The number of methoxy groups -OCH3 is 1. The number of pyridine rings is 1. The summed E-state index contributed by atoms with van der Waals surface area (Å²) >= 11 is 11.9. The van der Waals surface area contributed by atoms with E-state index in [1.165, 1.54) is 12.1 Å². The first-order chi connectivity index (χ1) is 16.0. The molecule has 0 unspecified atom stereocenters. The average Bonchev–Trinajstić information content (AvgIpc) is 3.16. The molecule has 0 bridgehead atoms. The first kappa shape index (κ1) is 22.9. The second kappa shape index (κ2) is 10.1. The van der Waals surface area contributed by atoms with Gasteiger partial charge in [-0.1, -0.05) is 11.6 Å². The van der Waals surface area contributed by atoms with Gasteiger partial charge in [0.05, 0.1) is 18.4 Å². The highest BCUT2D eigenvalue weighted by Crippen LogP contribution is 2.32. The van der Waals surface area contributed by atoms with Gasteiger partial charge in [-0.15, -0.1) is 0 Å². The van der Waals surface area contributed by atoms with Crippen LogP contribution in [0.2, 0.25) is 5.02 Å². The van der Waals surface area contributed by atoms with Crippen LogP contribution >= 0.6 is 23.8 Å². The van der Waals surface area contributed by atoms with Crippen LogP contribution in [0.4, 0.5) is 10.1 Å². The van der Waals surface area contributed by atoms with Crippen LogP contribution in [0.1, 0.15) is 6.42 Å². The Labute approximate surface area is 201 Å². The summed E-state index contributed by atoms with van der Waals surface area (Å²) in [6.45, 7) is 1.40. The molecule has 0 aliphatic carbocycles. The molecule has 2 heterocycles. The van der Waals surface area contributed by atoms with E-state index in [0.717, 1.165) is 24.3 Å². The Hall–Kier alpha value is -3.23. The van der Waals surface area contributed by atoms with Crippen LogP contribution in [0, 0.1) is 10.6 Å². The quantitative estimate of drug-likeness (QED) is 0.297. The second-order valence-corrected chi connectivity index (χ2v) is 8.27. The maximum atomic E-state index is 14.2. The molecule has 4 aromatic rings. The normalized spacial score (nSPS) is 10.9. The Balaban J connectivity index is 1.69. The number of halogens is 2. The van der Waals surface area contributed by atoms with Crippen molar-refractivity contribution in [3.63, 3.8) is 0 Å². The summed E-state index contributed by atoms with van der Waals surface area (Å²) in [6.07, 6.45) is 4.35. The van der Waals surface area contributed by atoms with Gasteiger partial charge in [0.2, 0.25) is 4.77 Å². The molecule has 0 atom stereocenters. The van der Waals surface area contributed by atoms with Crippen LogP contribution in [0.15, 0.2) is 67.0 Å². The van der Waals surface area contributed by atoms with Gasteiger partial charge >= 0.3 is 0 Å². The molecule has 2 aromatic carbocycles. The van der Waals surface area contributed by atoms with E-state index in [4.69, 9.17) is 33.7 Å². The van der Waals surface area contributed by atoms with E-state index in [9.17, 15) is 4.39 Å². The predicted molar refractivity (Wildman–Crippen MR) is 131 cm³/mol. The van der Waals surface area contributed by atoms with Crippen LogP contribution in [0.3, 0.4) is 0 Å². The van der Waals surface area contributed by atoms with E-state index in [1.54, 1.807) is 42.4 Å². The lowest BCUT2D eigenvalue weighted by molar-refractivity contribution is 0.415. The number of nitrogens with zero attached hydrogens (tertiary/aromatic N) is 5. The highest BCUT2D eigenvalue weighted by molar-refractivity contribution is 7.71. The molecule has 0 saturated heterocycles. The SMILES string of the molecule is COc1ccc(F)cc1-c1nn(CCCN(C)c2ccncc2)c(=S)n1-c1ccc(Cl)cc1. The van der Waals surface area contributed by atoms with Crippen LogP contribution in [0.5, 0.6) is 5.75 Å². The smallest absolute Gasteiger partial charge is 0.202 e. The van der Waals surface area contributed by atoms with Crippen molar-refractivity contribution >= 4 is 29.5 Å². The maximum absolute atomic E-state index is 14.2. The van der Waals surface area contributed by atoms with E-state index in [-0.39, 0.29) is 5.82 Å². The molecule has 0 saturated carbocycles. The summed E-state index contributed by atoms with van der Waals surface area (Å²) in [5, 5.41) is 5.38. The summed E-state index contributed by atoms with van der Waals surface area (Å²) in [5.74, 6) is 0.630. The minimum atomic E-state index is -0.382. The number of hydrogen-bond acceptors (Lipinski definition) is 5. The predicted octanol–water partition coefficient (Wildman–Crippen LogP) is 5.79. The number of ether oxygens (including phenoxy) is 1. The lowest BCUT2D eigenvalue weighted by Gasteiger charge is -2.18. The third-order valence-corrected chi connectivity index (χ3v) is 5.94. The zero-order valence-electron chi connectivity index (χ0n) is 18.3. The molecule has 9 heteroatoms. The van der Waals surface area contributed by atoms with Crippen LogP contribution < -0.4 is 9.64 Å². The van der Waals surface area contributed by atoms with Crippen molar-refractivity contribution in [2.45, 2.75) is 13.0 Å². The van der Waals surface area contributed by atoms with Gasteiger partial charge < -0.3 is 9.64 Å². The Morgan fingerprint density at radius 1 is 1.09 bits per heavy atom. The van der Waals surface area contributed by atoms with Gasteiger partial charge in [-0.05, 0) is 73.2 Å². The molecule has 0 spiro atoms. The first-order valence-corrected chi connectivity index (χ1v) is 11.2. The molecule has 4 rings (SSSR count). The monoisotopic (exact) mass is 483 g/mol. The number of rotatable bonds is 8. The van der Waals surface area contributed by atoms with E-state index in [0.29, 0.717) is 33.5 Å². The van der Waals surface area contributed by atoms with Crippen molar-refractivity contribution in [2.75, 3.05) is 25.6 Å². The summed E-state index contributed by atoms with van der Waals surface area (Å²) in [7, 11) is 3.58. The fourth-order valence-electron chi connectivity index (χ4n) is 3.59. The Kier molecular flexibility index (Phi) is 7.05. The molecular formula is C24H23ClFN5OS. The van der Waals surface area contributed by atoms with Crippen molar-refractivity contribution in [1.29, 1.82) is 0 Å². The van der Waals surface area contributed by atoms with E-state index in [2.05, 4.69) is 9.88 Å². The summed E-state index contributed by atoms with van der Waals surface area (Å²) in [5.41, 5.74) is 2.39. The average molecular weight is 484 g/mol. The van der Waals surface area contributed by atoms with Crippen LogP contribution in [-0.4, -0.2) is 40.0 Å². The first-order valence-electron chi connectivity index (χ1n) is 10.4. The van der Waals surface area contributed by atoms with Gasteiger partial charge in [0.1, 0.15) is 11.6 Å².